The van der Waals surface area contributed by atoms with Gasteiger partial charge in [0.2, 0.25) is 0 Å². The molecule has 0 bridgehead atoms. The predicted octanol–water partition coefficient (Wildman–Crippen LogP) is 3.07. The Kier molecular flexibility index (Phi) is 7.01. The number of benzene rings is 1. The lowest BCUT2D eigenvalue weighted by atomic mass is 9.97. The molecule has 10 heteroatoms. The lowest BCUT2D eigenvalue weighted by Crippen LogP contribution is -2.41. The summed E-state index contributed by atoms with van der Waals surface area (Å²) in [6.07, 6.45) is 4.59. The Balaban J connectivity index is 1.52. The van der Waals surface area contributed by atoms with E-state index in [1.807, 2.05) is 22.9 Å². The molecule has 1 aromatic carbocycles. The van der Waals surface area contributed by atoms with E-state index >= 15 is 0 Å². The standard InChI is InChI=1S/C25H34N6O4/c1-16(2)23(24-27-28-29-31(24)8-9-33-3)30(19-6-4-5-7-19)15-18-12-17-13-21-22(35-11-10-34-21)14-20(17)26-25(18)32/h12-14,16,19,23H,4-11,15H2,1-3H3,(H,26,32)/t23-/m1/s1. The molecule has 3 aromatic rings. The van der Waals surface area contributed by atoms with Crippen LogP contribution in [0.3, 0.4) is 0 Å². The van der Waals surface area contributed by atoms with Crippen LogP contribution in [0.25, 0.3) is 10.9 Å². The third-order valence-corrected chi connectivity index (χ3v) is 7.05. The molecule has 1 aliphatic heterocycles. The van der Waals surface area contributed by atoms with Gasteiger partial charge in [-0.1, -0.05) is 26.7 Å². The van der Waals surface area contributed by atoms with E-state index in [9.17, 15) is 4.79 Å². The van der Waals surface area contributed by atoms with E-state index in [-0.39, 0.29) is 17.5 Å². The zero-order valence-electron chi connectivity index (χ0n) is 20.7. The van der Waals surface area contributed by atoms with Gasteiger partial charge in [-0.3, -0.25) is 9.69 Å². The minimum absolute atomic E-state index is 0.0275. The van der Waals surface area contributed by atoms with Crippen LogP contribution < -0.4 is 15.0 Å². The maximum absolute atomic E-state index is 13.2. The first-order chi connectivity index (χ1) is 17.0. The third-order valence-electron chi connectivity index (χ3n) is 7.05. The summed E-state index contributed by atoms with van der Waals surface area (Å²) in [5.74, 6) is 2.45. The molecule has 1 N–H and O–H groups in total. The molecule has 0 amide bonds. The van der Waals surface area contributed by atoms with Crippen LogP contribution in [0.5, 0.6) is 11.5 Å². The van der Waals surface area contributed by atoms with E-state index in [2.05, 4.69) is 39.3 Å². The third kappa shape index (κ3) is 4.90. The van der Waals surface area contributed by atoms with Gasteiger partial charge in [-0.05, 0) is 41.3 Å². The van der Waals surface area contributed by atoms with Crippen molar-refractivity contribution in [1.29, 1.82) is 0 Å². The summed E-state index contributed by atoms with van der Waals surface area (Å²) in [5, 5.41) is 13.6. The van der Waals surface area contributed by atoms with Crippen molar-refractivity contribution < 1.29 is 14.2 Å². The van der Waals surface area contributed by atoms with Crippen LogP contribution in [0.4, 0.5) is 0 Å². The fraction of sp³-hybridized carbons (Fsp3) is 0.600. The number of H-pyrrole nitrogens is 1. The first kappa shape index (κ1) is 23.7. The van der Waals surface area contributed by atoms with Gasteiger partial charge in [0, 0.05) is 36.7 Å². The normalized spacial score (nSPS) is 17.1. The molecule has 2 aliphatic rings. The van der Waals surface area contributed by atoms with E-state index < -0.39 is 0 Å². The molecule has 3 heterocycles. The number of aromatic amines is 1. The summed E-state index contributed by atoms with van der Waals surface area (Å²) in [6, 6.07) is 6.13. The summed E-state index contributed by atoms with van der Waals surface area (Å²) < 4.78 is 18.6. The minimum atomic E-state index is -0.0846. The SMILES string of the molecule is COCCn1nnnc1[C@@H](C(C)C)N(Cc1cc2cc3c(cc2[nH]c1=O)OCCO3)C1CCCC1. The second kappa shape index (κ2) is 10.3. The number of tetrazole rings is 1. The lowest BCUT2D eigenvalue weighted by Gasteiger charge is -2.38. The van der Waals surface area contributed by atoms with Gasteiger partial charge in [-0.2, -0.15) is 0 Å². The molecule has 35 heavy (non-hydrogen) atoms. The number of hydrogen-bond donors (Lipinski definition) is 1. The van der Waals surface area contributed by atoms with Crippen molar-refractivity contribution in [2.24, 2.45) is 5.92 Å². The van der Waals surface area contributed by atoms with Crippen molar-refractivity contribution >= 4 is 10.9 Å². The average molecular weight is 483 g/mol. The van der Waals surface area contributed by atoms with Gasteiger partial charge in [-0.15, -0.1) is 5.10 Å². The van der Waals surface area contributed by atoms with Crippen molar-refractivity contribution in [3.8, 4) is 11.5 Å². The molecule has 1 atom stereocenters. The fourth-order valence-electron chi connectivity index (χ4n) is 5.38. The molecular weight excluding hydrogens is 448 g/mol. The first-order valence-corrected chi connectivity index (χ1v) is 12.5. The van der Waals surface area contributed by atoms with Crippen LogP contribution in [0.1, 0.15) is 57.0 Å². The molecular formula is C25H34N6O4. The second-order valence-corrected chi connectivity index (χ2v) is 9.76. The Bertz CT molecular complexity index is 1220. The quantitative estimate of drug-likeness (QED) is 0.496. The molecule has 2 aromatic heterocycles. The Morgan fingerprint density at radius 1 is 1.17 bits per heavy atom. The highest BCUT2D eigenvalue weighted by Crippen LogP contribution is 2.37. The van der Waals surface area contributed by atoms with Crippen molar-refractivity contribution in [3.63, 3.8) is 0 Å². The number of nitrogens with zero attached hydrogens (tertiary/aromatic N) is 5. The number of ether oxygens (including phenoxy) is 3. The first-order valence-electron chi connectivity index (χ1n) is 12.5. The molecule has 188 valence electrons. The summed E-state index contributed by atoms with van der Waals surface area (Å²) in [6.45, 7) is 7.06. The number of methoxy groups -OCH3 is 1. The number of hydrogen-bond acceptors (Lipinski definition) is 8. The minimum Gasteiger partial charge on any atom is -0.486 e. The van der Waals surface area contributed by atoms with Crippen LogP contribution in [0, 0.1) is 5.92 Å². The van der Waals surface area contributed by atoms with Crippen LogP contribution in [0.15, 0.2) is 23.0 Å². The molecule has 0 saturated heterocycles. The van der Waals surface area contributed by atoms with Crippen LogP contribution in [0.2, 0.25) is 0 Å². The van der Waals surface area contributed by atoms with E-state index in [1.54, 1.807) is 7.11 Å². The Hall–Kier alpha value is -2.98. The topological polar surface area (TPSA) is 107 Å². The van der Waals surface area contributed by atoms with Gasteiger partial charge >= 0.3 is 0 Å². The van der Waals surface area contributed by atoms with Crippen molar-refractivity contribution in [3.05, 3.63) is 39.9 Å². The number of pyridine rings is 1. The molecule has 0 radical (unpaired) electrons. The highest BCUT2D eigenvalue weighted by molar-refractivity contribution is 5.83. The van der Waals surface area contributed by atoms with Gasteiger partial charge in [-0.25, -0.2) is 4.68 Å². The van der Waals surface area contributed by atoms with Gasteiger partial charge in [0.15, 0.2) is 17.3 Å². The summed E-state index contributed by atoms with van der Waals surface area (Å²) in [4.78, 5) is 18.7. The van der Waals surface area contributed by atoms with Crippen molar-refractivity contribution in [2.75, 3.05) is 26.9 Å². The maximum atomic E-state index is 13.2. The highest BCUT2D eigenvalue weighted by Gasteiger charge is 2.35. The van der Waals surface area contributed by atoms with Crippen LogP contribution in [-0.4, -0.2) is 63.1 Å². The van der Waals surface area contributed by atoms with E-state index in [4.69, 9.17) is 14.2 Å². The smallest absolute Gasteiger partial charge is 0.252 e. The second-order valence-electron chi connectivity index (χ2n) is 9.76. The number of fused-ring (bicyclic) bond motifs is 2. The average Bonchev–Trinajstić information content (AvgIpc) is 3.54. The predicted molar refractivity (Wildman–Crippen MR) is 131 cm³/mol. The summed E-state index contributed by atoms with van der Waals surface area (Å²) in [7, 11) is 1.68. The van der Waals surface area contributed by atoms with E-state index in [1.165, 1.54) is 12.8 Å². The number of nitrogens with one attached hydrogen (secondary N) is 1. The van der Waals surface area contributed by atoms with Gasteiger partial charge < -0.3 is 19.2 Å². The Labute approximate surface area is 204 Å². The maximum Gasteiger partial charge on any atom is 0.252 e. The lowest BCUT2D eigenvalue weighted by molar-refractivity contribution is 0.0822. The zero-order valence-corrected chi connectivity index (χ0v) is 20.7. The monoisotopic (exact) mass is 482 g/mol. The molecule has 10 nitrogen and oxygen atoms in total. The van der Waals surface area contributed by atoms with Crippen molar-refractivity contribution in [1.82, 2.24) is 30.1 Å². The summed E-state index contributed by atoms with van der Waals surface area (Å²) >= 11 is 0. The Morgan fingerprint density at radius 3 is 2.63 bits per heavy atom. The highest BCUT2D eigenvalue weighted by atomic mass is 16.6. The molecule has 1 saturated carbocycles. The summed E-state index contributed by atoms with van der Waals surface area (Å²) in [5.41, 5.74) is 1.39. The molecule has 5 rings (SSSR count). The van der Waals surface area contributed by atoms with E-state index in [0.717, 1.165) is 35.1 Å². The van der Waals surface area contributed by atoms with Gasteiger partial charge in [0.25, 0.3) is 5.56 Å². The zero-order chi connectivity index (χ0) is 24.4. The Morgan fingerprint density at radius 2 is 1.91 bits per heavy atom. The van der Waals surface area contributed by atoms with Crippen LogP contribution >= 0.6 is 0 Å². The fourth-order valence-corrected chi connectivity index (χ4v) is 5.38. The molecule has 1 fully saturated rings. The number of rotatable bonds is 9. The van der Waals surface area contributed by atoms with E-state index in [0.29, 0.717) is 50.5 Å². The largest absolute Gasteiger partial charge is 0.486 e. The van der Waals surface area contributed by atoms with Crippen molar-refractivity contribution in [2.45, 2.75) is 64.7 Å². The van der Waals surface area contributed by atoms with Crippen LogP contribution in [-0.2, 0) is 17.8 Å². The molecule has 1 aliphatic carbocycles. The van der Waals surface area contributed by atoms with Gasteiger partial charge in [0.05, 0.1) is 24.7 Å². The van der Waals surface area contributed by atoms with Gasteiger partial charge in [0.1, 0.15) is 13.2 Å². The number of aromatic nitrogens is 5. The molecule has 0 unspecified atom stereocenters. The molecule has 0 spiro atoms.